The van der Waals surface area contributed by atoms with Crippen LogP contribution in [0.25, 0.3) is 11.0 Å². The van der Waals surface area contributed by atoms with Crippen LogP contribution in [0.15, 0.2) is 40.8 Å². The Hall–Kier alpha value is -4.10. The number of ether oxygens (including phenoxy) is 1. The monoisotopic (exact) mass is 477 g/mol. The maximum absolute atomic E-state index is 13.2. The molecule has 3 heterocycles. The third kappa shape index (κ3) is 4.15. The Labute approximate surface area is 199 Å². The number of hydrogen-bond donors (Lipinski definition) is 0. The summed E-state index contributed by atoms with van der Waals surface area (Å²) in [5.74, 6) is 7.25. The minimum Gasteiger partial charge on any atom is -0.434 e. The molecule has 2 atom stereocenters. The molecule has 8 nitrogen and oxygen atoms in total. The van der Waals surface area contributed by atoms with Gasteiger partial charge >= 0.3 is 6.61 Å². The zero-order valence-corrected chi connectivity index (χ0v) is 19.2. The molecule has 0 saturated heterocycles. The molecule has 2 aromatic heterocycles. The number of alkyl halides is 2. The zero-order chi connectivity index (χ0) is 24.7. The number of fused-ring (bicyclic) bond motifs is 3. The van der Waals surface area contributed by atoms with Crippen LogP contribution < -0.4 is 4.74 Å². The lowest BCUT2D eigenvalue weighted by Gasteiger charge is -2.22. The number of halogens is 2. The minimum atomic E-state index is -3.02. The number of carbonyl (C=O) groups is 1. The van der Waals surface area contributed by atoms with Crippen molar-refractivity contribution in [1.29, 1.82) is 0 Å². The highest BCUT2D eigenvalue weighted by Gasteiger charge is 2.38. The third-order valence-corrected chi connectivity index (χ3v) is 6.01. The second-order valence-electron chi connectivity index (χ2n) is 8.41. The summed E-state index contributed by atoms with van der Waals surface area (Å²) in [6, 6.07) is 9.63. The Bertz CT molecular complexity index is 1480. The van der Waals surface area contributed by atoms with E-state index in [1.165, 1.54) is 12.1 Å². The van der Waals surface area contributed by atoms with Crippen LogP contribution in [0.2, 0.25) is 0 Å². The highest BCUT2D eigenvalue weighted by Crippen LogP contribution is 2.46. The van der Waals surface area contributed by atoms with Crippen LogP contribution in [0, 0.1) is 18.8 Å². The van der Waals surface area contributed by atoms with Crippen molar-refractivity contribution in [3.05, 3.63) is 70.7 Å². The molecule has 0 saturated carbocycles. The molecular weight excluding hydrogens is 456 g/mol. The van der Waals surface area contributed by atoms with Gasteiger partial charge in [-0.3, -0.25) is 9.69 Å². The van der Waals surface area contributed by atoms with Crippen LogP contribution in [0.3, 0.4) is 0 Å². The summed E-state index contributed by atoms with van der Waals surface area (Å²) in [6.07, 6.45) is 1.20. The van der Waals surface area contributed by atoms with E-state index in [9.17, 15) is 13.6 Å². The first-order valence-corrected chi connectivity index (χ1v) is 10.9. The van der Waals surface area contributed by atoms with Gasteiger partial charge in [-0.1, -0.05) is 23.2 Å². The van der Waals surface area contributed by atoms with Crippen molar-refractivity contribution in [2.75, 3.05) is 14.1 Å². The van der Waals surface area contributed by atoms with Crippen molar-refractivity contribution in [1.82, 2.24) is 24.6 Å². The standard InChI is InChI=1S/C25H21F2N5O3/c1-14-29-30-22(34-14)10-8-15-7-9-17-18(11-15)32-19(12-20(31(2)3)24(32)28-17)23-16(13-33)5-4-6-21(23)35-25(26)27/h4-7,9,11,13,19-20,25H,12H2,1-3H3. The largest absolute Gasteiger partial charge is 0.434 e. The fourth-order valence-corrected chi connectivity index (χ4v) is 4.55. The van der Waals surface area contributed by atoms with Crippen LogP contribution in [-0.2, 0) is 0 Å². The zero-order valence-electron chi connectivity index (χ0n) is 19.2. The average molecular weight is 477 g/mol. The highest BCUT2D eigenvalue weighted by atomic mass is 19.3. The van der Waals surface area contributed by atoms with Crippen LogP contribution in [0.1, 0.15) is 57.6 Å². The number of hydrogen-bond acceptors (Lipinski definition) is 7. The van der Waals surface area contributed by atoms with Gasteiger partial charge in [-0.25, -0.2) is 4.98 Å². The second-order valence-corrected chi connectivity index (χ2v) is 8.41. The van der Waals surface area contributed by atoms with E-state index in [2.05, 4.69) is 22.0 Å². The molecule has 178 valence electrons. The number of carbonyl (C=O) groups excluding carboxylic acids is 1. The van der Waals surface area contributed by atoms with Crippen LogP contribution in [0.4, 0.5) is 8.78 Å². The van der Waals surface area contributed by atoms with Gasteiger partial charge in [0.25, 0.3) is 5.89 Å². The molecule has 2 unspecified atom stereocenters. The lowest BCUT2D eigenvalue weighted by molar-refractivity contribution is -0.0507. The molecule has 0 bridgehead atoms. The molecule has 35 heavy (non-hydrogen) atoms. The first-order chi connectivity index (χ1) is 16.9. The molecule has 1 aliphatic heterocycles. The van der Waals surface area contributed by atoms with Crippen molar-refractivity contribution >= 4 is 17.3 Å². The Morgan fingerprint density at radius 3 is 2.74 bits per heavy atom. The normalized spacial score (nSPS) is 17.0. The summed E-state index contributed by atoms with van der Waals surface area (Å²) in [5, 5.41) is 7.65. The van der Waals surface area contributed by atoms with Gasteiger partial charge in [-0.15, -0.1) is 5.10 Å². The topological polar surface area (TPSA) is 86.3 Å². The van der Waals surface area contributed by atoms with Crippen molar-refractivity contribution in [2.24, 2.45) is 0 Å². The lowest BCUT2D eigenvalue weighted by Crippen LogP contribution is -2.18. The number of rotatable bonds is 5. The van der Waals surface area contributed by atoms with E-state index in [0.29, 0.717) is 35.3 Å². The Morgan fingerprint density at radius 1 is 1.23 bits per heavy atom. The fraction of sp³-hybridized carbons (Fsp3) is 0.280. The molecule has 4 aromatic rings. The SMILES string of the molecule is Cc1nnc(C#Cc2ccc3nc4n(c3c2)C(c2c(C=O)cccc2OC(F)F)CC4N(C)C)o1. The Kier molecular flexibility index (Phi) is 5.78. The van der Waals surface area contributed by atoms with E-state index in [-0.39, 0.29) is 17.7 Å². The minimum absolute atomic E-state index is 0.0236. The Balaban J connectivity index is 1.68. The molecule has 0 amide bonds. The van der Waals surface area contributed by atoms with Gasteiger partial charge < -0.3 is 13.7 Å². The number of imidazole rings is 1. The van der Waals surface area contributed by atoms with Gasteiger partial charge in [0.15, 0.2) is 6.29 Å². The van der Waals surface area contributed by atoms with Crippen molar-refractivity contribution < 1.29 is 22.7 Å². The van der Waals surface area contributed by atoms with Gasteiger partial charge in [-0.05, 0) is 50.7 Å². The number of aldehydes is 1. The lowest BCUT2D eigenvalue weighted by atomic mass is 9.96. The first-order valence-electron chi connectivity index (χ1n) is 10.9. The van der Waals surface area contributed by atoms with E-state index in [4.69, 9.17) is 14.1 Å². The molecule has 5 rings (SSSR count). The second kappa shape index (κ2) is 8.92. The summed E-state index contributed by atoms with van der Waals surface area (Å²) < 4.78 is 38.6. The molecule has 2 aromatic carbocycles. The number of nitrogens with zero attached hydrogens (tertiary/aromatic N) is 5. The van der Waals surface area contributed by atoms with Gasteiger partial charge in [-0.2, -0.15) is 8.78 Å². The van der Waals surface area contributed by atoms with E-state index in [1.807, 2.05) is 41.8 Å². The van der Waals surface area contributed by atoms with E-state index >= 15 is 0 Å². The van der Waals surface area contributed by atoms with Gasteiger partial charge in [0.1, 0.15) is 11.6 Å². The average Bonchev–Trinajstić information content (AvgIpc) is 3.51. The molecule has 0 aliphatic carbocycles. The predicted octanol–water partition coefficient (Wildman–Crippen LogP) is 4.14. The molecule has 1 aliphatic rings. The molecule has 0 spiro atoms. The number of aryl methyl sites for hydroxylation is 1. The maximum atomic E-state index is 13.2. The fourth-order valence-electron chi connectivity index (χ4n) is 4.55. The molecule has 0 fully saturated rings. The quantitative estimate of drug-likeness (QED) is 0.315. The van der Waals surface area contributed by atoms with E-state index in [0.717, 1.165) is 16.9 Å². The van der Waals surface area contributed by atoms with Crippen molar-refractivity contribution in [3.8, 4) is 17.6 Å². The van der Waals surface area contributed by atoms with Gasteiger partial charge in [0, 0.05) is 23.6 Å². The van der Waals surface area contributed by atoms with Gasteiger partial charge in [0.2, 0.25) is 5.89 Å². The predicted molar refractivity (Wildman–Crippen MR) is 122 cm³/mol. The molecule has 10 heteroatoms. The summed E-state index contributed by atoms with van der Waals surface area (Å²) in [4.78, 5) is 18.8. The van der Waals surface area contributed by atoms with Crippen LogP contribution in [-0.4, -0.2) is 51.6 Å². The molecular formula is C25H21F2N5O3. The summed E-state index contributed by atoms with van der Waals surface area (Å²) in [6.45, 7) is -1.33. The summed E-state index contributed by atoms with van der Waals surface area (Å²) in [5.41, 5.74) is 2.90. The third-order valence-electron chi connectivity index (χ3n) is 6.01. The number of benzene rings is 2. The smallest absolute Gasteiger partial charge is 0.387 e. The molecule has 0 N–H and O–H groups in total. The van der Waals surface area contributed by atoms with Gasteiger partial charge in [0.05, 0.1) is 23.1 Å². The Morgan fingerprint density at radius 2 is 2.06 bits per heavy atom. The van der Waals surface area contributed by atoms with Crippen LogP contribution >= 0.6 is 0 Å². The van der Waals surface area contributed by atoms with Crippen LogP contribution in [0.5, 0.6) is 5.75 Å². The maximum Gasteiger partial charge on any atom is 0.387 e. The highest BCUT2D eigenvalue weighted by molar-refractivity contribution is 5.82. The summed E-state index contributed by atoms with van der Waals surface area (Å²) >= 11 is 0. The van der Waals surface area contributed by atoms with Crippen molar-refractivity contribution in [2.45, 2.75) is 32.0 Å². The number of aromatic nitrogens is 4. The van der Waals surface area contributed by atoms with Crippen molar-refractivity contribution in [3.63, 3.8) is 0 Å². The molecule has 0 radical (unpaired) electrons. The van der Waals surface area contributed by atoms with E-state index < -0.39 is 12.7 Å². The van der Waals surface area contributed by atoms with E-state index in [1.54, 1.807) is 13.0 Å². The summed E-state index contributed by atoms with van der Waals surface area (Å²) in [7, 11) is 3.87. The first kappa shape index (κ1) is 22.7.